The Hall–Kier alpha value is -2.22. The van der Waals surface area contributed by atoms with Crippen molar-refractivity contribution in [2.24, 2.45) is 0 Å². The van der Waals surface area contributed by atoms with Gasteiger partial charge in [-0.1, -0.05) is 43.0 Å². The maximum atomic E-state index is 5.98. The van der Waals surface area contributed by atoms with Gasteiger partial charge in [-0.3, -0.25) is 0 Å². The van der Waals surface area contributed by atoms with Crippen molar-refractivity contribution >= 4 is 10.8 Å². The zero-order valence-electron chi connectivity index (χ0n) is 11.7. The topological polar surface area (TPSA) is 21.3 Å². The molecule has 98 valence electrons. The normalized spacial score (nSPS) is 11.9. The Morgan fingerprint density at radius 1 is 1.16 bits per heavy atom. The molecule has 0 amide bonds. The first-order valence-electron chi connectivity index (χ1n) is 6.34. The molecule has 2 aromatic carbocycles. The first-order chi connectivity index (χ1) is 9.17. The van der Waals surface area contributed by atoms with Crippen molar-refractivity contribution in [1.82, 2.24) is 5.32 Å². The third kappa shape index (κ3) is 2.63. The molecule has 0 saturated heterocycles. The van der Waals surface area contributed by atoms with Crippen LogP contribution in [0.1, 0.15) is 12.5 Å². The molecule has 0 fully saturated rings. The number of hydrogen-bond acceptors (Lipinski definition) is 2. The molecule has 0 atom stereocenters. The van der Waals surface area contributed by atoms with Gasteiger partial charge in [0.1, 0.15) is 5.75 Å². The minimum Gasteiger partial charge on any atom is -0.440 e. The summed E-state index contributed by atoms with van der Waals surface area (Å²) in [5.74, 6) is 1.58. The van der Waals surface area contributed by atoms with E-state index in [2.05, 4.69) is 37.0 Å². The summed E-state index contributed by atoms with van der Waals surface area (Å²) in [6.45, 7) is 7.84. The van der Waals surface area contributed by atoms with Crippen LogP contribution in [0.2, 0.25) is 0 Å². The average molecular weight is 253 g/mol. The third-order valence-electron chi connectivity index (χ3n) is 3.21. The molecule has 0 unspecified atom stereocenters. The van der Waals surface area contributed by atoms with Crippen LogP contribution >= 0.6 is 0 Å². The van der Waals surface area contributed by atoms with Gasteiger partial charge in [-0.25, -0.2) is 0 Å². The van der Waals surface area contributed by atoms with Crippen LogP contribution in [0.3, 0.4) is 0 Å². The molecule has 0 radical (unpaired) electrons. The van der Waals surface area contributed by atoms with E-state index in [9.17, 15) is 0 Å². The Balaban J connectivity index is 2.52. The summed E-state index contributed by atoms with van der Waals surface area (Å²) in [6.07, 6.45) is 1.78. The van der Waals surface area contributed by atoms with Crippen molar-refractivity contribution in [3.8, 4) is 5.75 Å². The van der Waals surface area contributed by atoms with Gasteiger partial charge in [0.05, 0.1) is 0 Å². The molecule has 1 N–H and O–H groups in total. The van der Waals surface area contributed by atoms with Crippen LogP contribution in [0.25, 0.3) is 10.8 Å². The zero-order chi connectivity index (χ0) is 13.8. The van der Waals surface area contributed by atoms with Gasteiger partial charge in [0.15, 0.2) is 5.88 Å². The summed E-state index contributed by atoms with van der Waals surface area (Å²) in [5.41, 5.74) is 2.23. The Bertz CT molecular complexity index is 641. The fourth-order valence-corrected chi connectivity index (χ4v) is 2.04. The van der Waals surface area contributed by atoms with Gasteiger partial charge in [0, 0.05) is 18.0 Å². The highest BCUT2D eigenvalue weighted by molar-refractivity contribution is 5.90. The van der Waals surface area contributed by atoms with Crippen LogP contribution in [0.5, 0.6) is 5.75 Å². The Morgan fingerprint density at radius 2 is 1.84 bits per heavy atom. The number of benzene rings is 2. The van der Waals surface area contributed by atoms with E-state index in [-0.39, 0.29) is 0 Å². The number of fused-ring (bicyclic) bond motifs is 1. The van der Waals surface area contributed by atoms with Crippen LogP contribution in [0.15, 0.2) is 60.5 Å². The van der Waals surface area contributed by atoms with Gasteiger partial charge in [-0.2, -0.15) is 0 Å². The van der Waals surface area contributed by atoms with Crippen molar-refractivity contribution in [3.05, 3.63) is 66.1 Å². The van der Waals surface area contributed by atoms with Crippen molar-refractivity contribution in [2.75, 3.05) is 7.05 Å². The molecular formula is C17H19NO. The summed E-state index contributed by atoms with van der Waals surface area (Å²) < 4.78 is 5.98. The monoisotopic (exact) mass is 253 g/mol. The molecule has 0 aliphatic heterocycles. The van der Waals surface area contributed by atoms with E-state index in [0.717, 1.165) is 22.6 Å². The number of nitrogens with one attached hydrogen (secondary N) is 1. The van der Waals surface area contributed by atoms with E-state index >= 15 is 0 Å². The SMILES string of the molecule is C=C/C(C)=C(\NC)Oc1ccc(C)c2ccccc12. The van der Waals surface area contributed by atoms with E-state index in [0.29, 0.717) is 0 Å². The maximum absolute atomic E-state index is 5.98. The Kier molecular flexibility index (Phi) is 3.91. The van der Waals surface area contributed by atoms with E-state index in [1.165, 1.54) is 10.9 Å². The predicted octanol–water partition coefficient (Wildman–Crippen LogP) is 4.16. The largest absolute Gasteiger partial charge is 0.440 e. The first kappa shape index (κ1) is 13.2. The number of rotatable bonds is 4. The zero-order valence-corrected chi connectivity index (χ0v) is 11.7. The van der Waals surface area contributed by atoms with Crippen molar-refractivity contribution in [1.29, 1.82) is 0 Å². The van der Waals surface area contributed by atoms with Crippen LogP contribution in [0.4, 0.5) is 0 Å². The molecule has 0 saturated carbocycles. The fourth-order valence-electron chi connectivity index (χ4n) is 2.04. The number of ether oxygens (including phenoxy) is 1. The maximum Gasteiger partial charge on any atom is 0.196 e. The first-order valence-corrected chi connectivity index (χ1v) is 6.34. The Morgan fingerprint density at radius 3 is 2.47 bits per heavy atom. The van der Waals surface area contributed by atoms with Gasteiger partial charge >= 0.3 is 0 Å². The van der Waals surface area contributed by atoms with Gasteiger partial charge < -0.3 is 10.1 Å². The Labute approximate surface area is 114 Å². The second kappa shape index (κ2) is 5.61. The van der Waals surface area contributed by atoms with Gasteiger partial charge in [0.2, 0.25) is 0 Å². The lowest BCUT2D eigenvalue weighted by atomic mass is 10.0. The van der Waals surface area contributed by atoms with Crippen LogP contribution in [-0.4, -0.2) is 7.05 Å². The fraction of sp³-hybridized carbons (Fsp3) is 0.176. The van der Waals surface area contributed by atoms with Crippen LogP contribution < -0.4 is 10.1 Å². The minimum absolute atomic E-state index is 0.726. The number of hydrogen-bond donors (Lipinski definition) is 1. The summed E-state index contributed by atoms with van der Waals surface area (Å²) >= 11 is 0. The third-order valence-corrected chi connectivity index (χ3v) is 3.21. The molecule has 0 bridgehead atoms. The lowest BCUT2D eigenvalue weighted by Crippen LogP contribution is -2.14. The standard InChI is InChI=1S/C17H19NO/c1-5-12(2)17(18-4)19-16-11-10-13(3)14-8-6-7-9-15(14)16/h5-11,18H,1H2,2-4H3/b17-12+. The lowest BCUT2D eigenvalue weighted by Gasteiger charge is -2.14. The van der Waals surface area contributed by atoms with Crippen molar-refractivity contribution in [2.45, 2.75) is 13.8 Å². The molecule has 2 rings (SSSR count). The molecule has 0 heterocycles. The van der Waals surface area contributed by atoms with E-state index in [1.807, 2.05) is 32.2 Å². The molecule has 0 spiro atoms. The quantitative estimate of drug-likeness (QED) is 0.652. The number of allylic oxidation sites excluding steroid dienone is 2. The summed E-state index contributed by atoms with van der Waals surface area (Å²) in [6, 6.07) is 12.3. The molecule has 0 aromatic heterocycles. The number of aryl methyl sites for hydroxylation is 1. The van der Waals surface area contributed by atoms with Gasteiger partial charge in [0.25, 0.3) is 0 Å². The second-order valence-electron chi connectivity index (χ2n) is 4.49. The lowest BCUT2D eigenvalue weighted by molar-refractivity contribution is 0.391. The van der Waals surface area contributed by atoms with Crippen LogP contribution in [0, 0.1) is 6.92 Å². The van der Waals surface area contributed by atoms with E-state index < -0.39 is 0 Å². The molecule has 2 aromatic rings. The minimum atomic E-state index is 0.726. The van der Waals surface area contributed by atoms with Gasteiger partial charge in [-0.15, -0.1) is 0 Å². The second-order valence-corrected chi connectivity index (χ2v) is 4.49. The summed E-state index contributed by atoms with van der Waals surface area (Å²) in [5, 5.41) is 5.40. The summed E-state index contributed by atoms with van der Waals surface area (Å²) in [4.78, 5) is 0. The van der Waals surface area contributed by atoms with Gasteiger partial charge in [-0.05, 0) is 30.9 Å². The summed E-state index contributed by atoms with van der Waals surface area (Å²) in [7, 11) is 1.85. The smallest absolute Gasteiger partial charge is 0.196 e. The molecule has 19 heavy (non-hydrogen) atoms. The van der Waals surface area contributed by atoms with Crippen molar-refractivity contribution < 1.29 is 4.74 Å². The molecule has 2 heteroatoms. The van der Waals surface area contributed by atoms with Crippen molar-refractivity contribution in [3.63, 3.8) is 0 Å². The van der Waals surface area contributed by atoms with E-state index in [1.54, 1.807) is 6.08 Å². The highest BCUT2D eigenvalue weighted by atomic mass is 16.5. The average Bonchev–Trinajstić information content (AvgIpc) is 2.46. The highest BCUT2D eigenvalue weighted by Crippen LogP contribution is 2.29. The molecule has 2 nitrogen and oxygen atoms in total. The molecular weight excluding hydrogens is 234 g/mol. The van der Waals surface area contributed by atoms with Crippen LogP contribution in [-0.2, 0) is 0 Å². The highest BCUT2D eigenvalue weighted by Gasteiger charge is 2.07. The molecule has 0 aliphatic rings. The van der Waals surface area contributed by atoms with E-state index in [4.69, 9.17) is 4.74 Å². The predicted molar refractivity (Wildman–Crippen MR) is 81.3 cm³/mol. The molecule has 0 aliphatic carbocycles.